The number of halogens is 1. The first-order valence-corrected chi connectivity index (χ1v) is 4.84. The topological polar surface area (TPSA) is 37.3 Å². The molecule has 2 unspecified atom stereocenters. The highest BCUT2D eigenvalue weighted by atomic mass is 127. The van der Waals surface area contributed by atoms with Gasteiger partial charge in [-0.1, -0.05) is 25.2 Å². The molecule has 2 atom stereocenters. The molecule has 0 saturated carbocycles. The fourth-order valence-electron chi connectivity index (χ4n) is 1.16. The summed E-state index contributed by atoms with van der Waals surface area (Å²) in [6.45, 7) is 3.67. The fourth-order valence-corrected chi connectivity index (χ4v) is 2.01. The lowest BCUT2D eigenvalue weighted by atomic mass is 9.75. The summed E-state index contributed by atoms with van der Waals surface area (Å²) in [5.74, 6) is -0.693. The van der Waals surface area contributed by atoms with Gasteiger partial charge in [-0.15, -0.1) is 0 Å². The highest BCUT2D eigenvalue weighted by molar-refractivity contribution is 14.1. The van der Waals surface area contributed by atoms with Crippen LogP contribution in [0, 0.1) is 11.3 Å². The first kappa shape index (κ1) is 9.77. The van der Waals surface area contributed by atoms with Crippen molar-refractivity contribution < 1.29 is 9.90 Å². The number of allylic oxidation sites excluding steroid dienone is 3. The van der Waals surface area contributed by atoms with Crippen LogP contribution in [0.3, 0.4) is 0 Å². The van der Waals surface area contributed by atoms with Gasteiger partial charge in [0.15, 0.2) is 0 Å². The van der Waals surface area contributed by atoms with Gasteiger partial charge in [-0.2, -0.15) is 0 Å². The van der Waals surface area contributed by atoms with Gasteiger partial charge in [0.05, 0.1) is 5.41 Å². The van der Waals surface area contributed by atoms with Crippen molar-refractivity contribution >= 4 is 28.6 Å². The van der Waals surface area contributed by atoms with Gasteiger partial charge in [0.2, 0.25) is 0 Å². The second kappa shape index (κ2) is 3.20. The van der Waals surface area contributed by atoms with Gasteiger partial charge in [-0.25, -0.2) is 0 Å². The lowest BCUT2D eigenvalue weighted by molar-refractivity contribution is -0.146. The van der Waals surface area contributed by atoms with Gasteiger partial charge in [0, 0.05) is 3.58 Å². The summed E-state index contributed by atoms with van der Waals surface area (Å²) in [5.41, 5.74) is -0.731. The van der Waals surface area contributed by atoms with Crippen LogP contribution in [-0.4, -0.2) is 11.1 Å². The molecule has 0 fully saturated rings. The monoisotopic (exact) mass is 278 g/mol. The Bertz CT molecular complexity index is 268. The molecular weight excluding hydrogens is 267 g/mol. The van der Waals surface area contributed by atoms with Gasteiger partial charge in [0.1, 0.15) is 0 Å². The van der Waals surface area contributed by atoms with Crippen molar-refractivity contribution in [2.24, 2.45) is 11.3 Å². The summed E-state index contributed by atoms with van der Waals surface area (Å²) < 4.78 is 0.996. The van der Waals surface area contributed by atoms with E-state index in [2.05, 4.69) is 22.6 Å². The fraction of sp³-hybridized carbons (Fsp3) is 0.444. The highest BCUT2D eigenvalue weighted by Crippen LogP contribution is 2.36. The molecule has 1 aliphatic rings. The predicted octanol–water partition coefficient (Wildman–Crippen LogP) is 2.60. The van der Waals surface area contributed by atoms with Crippen molar-refractivity contribution in [1.29, 1.82) is 0 Å². The molecule has 3 heteroatoms. The molecular formula is C9H11IO2. The van der Waals surface area contributed by atoms with Crippen molar-refractivity contribution in [1.82, 2.24) is 0 Å². The molecule has 0 heterocycles. The van der Waals surface area contributed by atoms with Crippen molar-refractivity contribution in [2.75, 3.05) is 0 Å². The average molecular weight is 278 g/mol. The molecule has 0 aliphatic heterocycles. The van der Waals surface area contributed by atoms with Crippen LogP contribution in [0.15, 0.2) is 21.8 Å². The van der Waals surface area contributed by atoms with E-state index in [0.29, 0.717) is 0 Å². The van der Waals surface area contributed by atoms with Crippen LogP contribution >= 0.6 is 22.6 Å². The lowest BCUT2D eigenvalue weighted by Gasteiger charge is -2.28. The Morgan fingerprint density at radius 1 is 1.75 bits per heavy atom. The van der Waals surface area contributed by atoms with E-state index in [1.165, 1.54) is 0 Å². The quantitative estimate of drug-likeness (QED) is 0.748. The lowest BCUT2D eigenvalue weighted by Crippen LogP contribution is -2.32. The van der Waals surface area contributed by atoms with E-state index in [-0.39, 0.29) is 5.92 Å². The van der Waals surface area contributed by atoms with Crippen molar-refractivity contribution in [2.45, 2.75) is 13.8 Å². The smallest absolute Gasteiger partial charge is 0.313 e. The number of carboxylic acid groups (broad SMARTS) is 1. The molecule has 2 nitrogen and oxygen atoms in total. The molecule has 1 N–H and O–H groups in total. The van der Waals surface area contributed by atoms with Crippen LogP contribution < -0.4 is 0 Å². The molecule has 0 aromatic rings. The molecule has 66 valence electrons. The maximum atomic E-state index is 11.0. The van der Waals surface area contributed by atoms with Crippen LogP contribution in [0.5, 0.6) is 0 Å². The Labute approximate surface area is 85.5 Å². The van der Waals surface area contributed by atoms with E-state index in [1.54, 1.807) is 13.0 Å². The molecule has 0 bridgehead atoms. The Morgan fingerprint density at radius 2 is 2.33 bits per heavy atom. The van der Waals surface area contributed by atoms with Crippen molar-refractivity contribution in [3.8, 4) is 0 Å². The third-order valence-electron chi connectivity index (χ3n) is 2.39. The van der Waals surface area contributed by atoms with Gasteiger partial charge in [-0.3, -0.25) is 4.79 Å². The Hall–Kier alpha value is -0.320. The molecule has 0 aromatic carbocycles. The van der Waals surface area contributed by atoms with Crippen LogP contribution in [0.2, 0.25) is 0 Å². The van der Waals surface area contributed by atoms with Crippen LogP contribution in [0.4, 0.5) is 0 Å². The van der Waals surface area contributed by atoms with Crippen molar-refractivity contribution in [3.63, 3.8) is 0 Å². The van der Waals surface area contributed by atoms with Crippen molar-refractivity contribution in [3.05, 3.63) is 21.8 Å². The Kier molecular flexibility index (Phi) is 2.61. The number of hydrogen-bond donors (Lipinski definition) is 1. The third-order valence-corrected chi connectivity index (χ3v) is 3.06. The minimum absolute atomic E-state index is 0.0634. The summed E-state index contributed by atoms with van der Waals surface area (Å²) >= 11 is 2.14. The normalized spacial score (nSPS) is 34.6. The third kappa shape index (κ3) is 1.55. The molecule has 0 amide bonds. The molecule has 0 saturated heterocycles. The summed E-state index contributed by atoms with van der Waals surface area (Å²) in [6, 6.07) is 0. The molecule has 0 spiro atoms. The largest absolute Gasteiger partial charge is 0.481 e. The van der Waals surface area contributed by atoms with E-state index in [9.17, 15) is 4.79 Å². The standard InChI is InChI=1S/C9H11IO2/c1-6-3-4-7(10)5-9(6,2)8(11)12/h3-6H,1-2H3,(H,11,12). The maximum Gasteiger partial charge on any atom is 0.313 e. The van der Waals surface area contributed by atoms with E-state index in [1.807, 2.05) is 19.1 Å². The second-order valence-electron chi connectivity index (χ2n) is 3.26. The summed E-state index contributed by atoms with van der Waals surface area (Å²) in [4.78, 5) is 11.0. The number of carboxylic acids is 1. The van der Waals surface area contributed by atoms with E-state index >= 15 is 0 Å². The van der Waals surface area contributed by atoms with E-state index in [0.717, 1.165) is 3.58 Å². The van der Waals surface area contributed by atoms with E-state index in [4.69, 9.17) is 5.11 Å². The van der Waals surface area contributed by atoms with Crippen LogP contribution in [-0.2, 0) is 4.79 Å². The molecule has 1 aliphatic carbocycles. The van der Waals surface area contributed by atoms with Crippen LogP contribution in [0.25, 0.3) is 0 Å². The first-order chi connectivity index (χ1) is 5.47. The van der Waals surface area contributed by atoms with Gasteiger partial charge in [0.25, 0.3) is 0 Å². The Balaban J connectivity index is 3.05. The zero-order chi connectivity index (χ0) is 9.35. The molecule has 0 radical (unpaired) electrons. The number of aliphatic carboxylic acids is 1. The van der Waals surface area contributed by atoms with E-state index < -0.39 is 11.4 Å². The predicted molar refractivity (Wildman–Crippen MR) is 56.1 cm³/mol. The average Bonchev–Trinajstić information content (AvgIpc) is 1.97. The zero-order valence-corrected chi connectivity index (χ0v) is 9.20. The molecule has 1 rings (SSSR count). The number of rotatable bonds is 1. The first-order valence-electron chi connectivity index (χ1n) is 3.77. The maximum absolute atomic E-state index is 11.0. The van der Waals surface area contributed by atoms with Gasteiger partial charge in [-0.05, 0) is 35.4 Å². The van der Waals surface area contributed by atoms with Gasteiger partial charge >= 0.3 is 5.97 Å². The summed E-state index contributed by atoms with van der Waals surface area (Å²) in [7, 11) is 0. The summed E-state index contributed by atoms with van der Waals surface area (Å²) in [5, 5.41) is 9.00. The van der Waals surface area contributed by atoms with Gasteiger partial charge < -0.3 is 5.11 Å². The SMILES string of the molecule is CC1C=CC(I)=CC1(C)C(=O)O. The number of carbonyl (C=O) groups is 1. The number of hydrogen-bond acceptors (Lipinski definition) is 1. The zero-order valence-electron chi connectivity index (χ0n) is 7.04. The summed E-state index contributed by atoms with van der Waals surface area (Å²) in [6.07, 6.45) is 5.70. The molecule has 0 aromatic heterocycles. The minimum atomic E-state index is -0.756. The second-order valence-corrected chi connectivity index (χ2v) is 4.51. The minimum Gasteiger partial charge on any atom is -0.481 e. The van der Waals surface area contributed by atoms with Crippen LogP contribution in [0.1, 0.15) is 13.8 Å². The highest BCUT2D eigenvalue weighted by Gasteiger charge is 2.37. The Morgan fingerprint density at radius 3 is 2.75 bits per heavy atom. The molecule has 12 heavy (non-hydrogen) atoms.